The van der Waals surface area contributed by atoms with Crippen molar-refractivity contribution >= 4 is 41.7 Å². The first-order valence-corrected chi connectivity index (χ1v) is 18.3. The molecule has 0 spiro atoms. The Hall–Kier alpha value is -4.40. The van der Waals surface area contributed by atoms with Crippen molar-refractivity contribution in [3.05, 3.63) is 196 Å². The third kappa shape index (κ3) is 7.77. The van der Waals surface area contributed by atoms with Crippen LogP contribution in [0.1, 0.15) is 26.3 Å². The van der Waals surface area contributed by atoms with Crippen LogP contribution in [0.25, 0.3) is 6.08 Å². The number of hydrogen-bond donors (Lipinski definition) is 2. The van der Waals surface area contributed by atoms with Gasteiger partial charge in [-0.05, 0) is 82.9 Å². The van der Waals surface area contributed by atoms with Gasteiger partial charge in [0.25, 0.3) is 0 Å². The maximum Gasteiger partial charge on any atom is 0.0431 e. The highest BCUT2D eigenvalue weighted by atomic mass is 32.2. The molecule has 0 fully saturated rings. The summed E-state index contributed by atoms with van der Waals surface area (Å²) in [7, 11) is -0.727. The lowest BCUT2D eigenvalue weighted by Crippen LogP contribution is -2.20. The Labute approximate surface area is 286 Å². The minimum Gasteiger partial charge on any atom is -0.401 e. The molecule has 0 amide bonds. The van der Waals surface area contributed by atoms with Crippen molar-refractivity contribution in [2.45, 2.75) is 25.7 Å². The van der Waals surface area contributed by atoms with E-state index < -0.39 is 7.92 Å². The smallest absolute Gasteiger partial charge is 0.0431 e. The molecule has 0 saturated heterocycles. The number of allylic oxidation sites excluding steroid dienone is 14. The molecular weight excluding hydrogens is 608 g/mol. The first-order valence-electron chi connectivity index (χ1n) is 16.2. The maximum atomic E-state index is 6.72. The molecule has 2 nitrogen and oxygen atoms in total. The Morgan fingerprint density at radius 3 is 2.30 bits per heavy atom. The van der Waals surface area contributed by atoms with Gasteiger partial charge in [0, 0.05) is 33.5 Å². The lowest BCUT2D eigenvalue weighted by Gasteiger charge is -2.21. The van der Waals surface area contributed by atoms with Crippen molar-refractivity contribution in [3.8, 4) is 0 Å². The second kappa shape index (κ2) is 16.4. The third-order valence-corrected chi connectivity index (χ3v) is 11.4. The van der Waals surface area contributed by atoms with Gasteiger partial charge in [-0.2, -0.15) is 0 Å². The summed E-state index contributed by atoms with van der Waals surface area (Å²) in [5.74, 6) is 0.137. The maximum absolute atomic E-state index is 6.72. The average Bonchev–Trinajstić information content (AvgIpc) is 3.68. The predicted octanol–water partition coefficient (Wildman–Crippen LogP) is 9.31. The summed E-state index contributed by atoms with van der Waals surface area (Å²) in [4.78, 5) is 2.17. The Bertz CT molecular complexity index is 1840. The highest BCUT2D eigenvalue weighted by molar-refractivity contribution is 8.03. The third-order valence-electron chi connectivity index (χ3n) is 8.00. The Morgan fingerprint density at radius 2 is 1.64 bits per heavy atom. The molecule has 4 heteroatoms. The molecule has 3 aromatic rings. The van der Waals surface area contributed by atoms with Gasteiger partial charge in [0.1, 0.15) is 0 Å². The summed E-state index contributed by atoms with van der Waals surface area (Å²) in [5, 5.41) is 3.97. The molecular formula is C43H43N2PS. The summed E-state index contributed by atoms with van der Waals surface area (Å²) >= 11 is 1.71. The number of rotatable bonds is 8. The van der Waals surface area contributed by atoms with Crippen LogP contribution in [0.2, 0.25) is 0 Å². The summed E-state index contributed by atoms with van der Waals surface area (Å²) in [6.07, 6.45) is 25.6. The van der Waals surface area contributed by atoms with Crippen molar-refractivity contribution in [3.63, 3.8) is 0 Å². The average molecular weight is 651 g/mol. The first-order chi connectivity index (χ1) is 23.1. The highest BCUT2D eigenvalue weighted by Gasteiger charge is 2.31. The molecule has 47 heavy (non-hydrogen) atoms. The van der Waals surface area contributed by atoms with Gasteiger partial charge in [0.2, 0.25) is 0 Å². The number of benzene rings is 3. The molecule has 3 aliphatic rings. The Kier molecular flexibility index (Phi) is 11.9. The second-order valence-corrected chi connectivity index (χ2v) is 14.3. The molecule has 236 valence electrons. The van der Waals surface area contributed by atoms with E-state index >= 15 is 0 Å². The molecule has 1 unspecified atom stereocenters. The first kappa shape index (κ1) is 33.9. The van der Waals surface area contributed by atoms with Crippen molar-refractivity contribution in [1.29, 1.82) is 0 Å². The number of hydrogen-bond acceptors (Lipinski definition) is 3. The van der Waals surface area contributed by atoms with Crippen LogP contribution in [-0.2, 0) is 0 Å². The molecule has 0 radical (unpaired) electrons. The van der Waals surface area contributed by atoms with E-state index in [0.717, 1.165) is 27.3 Å². The summed E-state index contributed by atoms with van der Waals surface area (Å²) in [5.41, 5.74) is 20.5. The lowest BCUT2D eigenvalue weighted by atomic mass is 9.98. The van der Waals surface area contributed by atoms with Crippen LogP contribution in [0, 0.1) is 5.92 Å². The van der Waals surface area contributed by atoms with Gasteiger partial charge in [-0.1, -0.05) is 160 Å². The van der Waals surface area contributed by atoms with Crippen LogP contribution in [0.15, 0.2) is 196 Å². The number of nitrogens with two attached hydrogens (primary N) is 2. The molecule has 1 atom stereocenters. The van der Waals surface area contributed by atoms with Crippen LogP contribution >= 0.6 is 19.7 Å². The largest absolute Gasteiger partial charge is 0.401 e. The SMILES string of the molecule is C=C1\C=C/C(C(/C=C\C2=C(N)C3C=CC=C3/C2=C\C=C/C)=C/CN)=C\c2cc(P(c3ccccc3)c3ccccc3)ccc2S1.CC. The predicted molar refractivity (Wildman–Crippen MR) is 210 cm³/mol. The molecule has 2 aliphatic carbocycles. The minimum absolute atomic E-state index is 0.137. The van der Waals surface area contributed by atoms with Crippen LogP contribution < -0.4 is 27.4 Å². The van der Waals surface area contributed by atoms with Gasteiger partial charge in [-0.25, -0.2) is 0 Å². The normalized spacial score (nSPS) is 20.1. The van der Waals surface area contributed by atoms with E-state index in [-0.39, 0.29) is 5.92 Å². The molecule has 3 aromatic carbocycles. The van der Waals surface area contributed by atoms with Crippen molar-refractivity contribution in [2.75, 3.05) is 6.54 Å². The fourth-order valence-electron chi connectivity index (χ4n) is 5.87. The van der Waals surface area contributed by atoms with E-state index in [1.165, 1.54) is 37.5 Å². The quantitative estimate of drug-likeness (QED) is 0.189. The topological polar surface area (TPSA) is 52.0 Å². The van der Waals surface area contributed by atoms with Crippen molar-refractivity contribution < 1.29 is 0 Å². The molecule has 1 heterocycles. The fourth-order valence-corrected chi connectivity index (χ4v) is 8.98. The highest BCUT2D eigenvalue weighted by Crippen LogP contribution is 2.43. The van der Waals surface area contributed by atoms with Gasteiger partial charge >= 0.3 is 0 Å². The van der Waals surface area contributed by atoms with Gasteiger partial charge < -0.3 is 11.5 Å². The number of thioether (sulfide) groups is 1. The van der Waals surface area contributed by atoms with Crippen LogP contribution in [0.5, 0.6) is 0 Å². The molecule has 1 aliphatic heterocycles. The molecule has 0 aromatic heterocycles. The summed E-state index contributed by atoms with van der Waals surface area (Å²) in [6.45, 7) is 10.8. The summed E-state index contributed by atoms with van der Waals surface area (Å²) < 4.78 is 0. The van der Waals surface area contributed by atoms with Gasteiger partial charge in [0.05, 0.1) is 0 Å². The Morgan fingerprint density at radius 1 is 0.936 bits per heavy atom. The molecule has 4 N–H and O–H groups in total. The zero-order chi connectivity index (χ0) is 33.2. The van der Waals surface area contributed by atoms with E-state index in [1.807, 2.05) is 26.8 Å². The standard InChI is InChI=1S/C41H37N2PS.C2H6/c1-3-4-16-36-37-17-11-18-38(37)41(43)39(36)23-21-30(25-26-42)31-20-19-29(2)45-40-24-22-35(28-32(40)27-31)44(33-12-7-5-8-13-33)34-14-9-6-10-15-34;1-2/h3-25,27-28,38H,2,26,42-43H2,1H3;1-2H3/b4-3-,20-19-,23-21-,30-25+,31-27+,36-16+;. The van der Waals surface area contributed by atoms with E-state index in [1.54, 1.807) is 11.8 Å². The molecule has 0 bridgehead atoms. The summed E-state index contributed by atoms with van der Waals surface area (Å²) in [6, 6.07) is 28.6. The monoisotopic (exact) mass is 650 g/mol. The van der Waals surface area contributed by atoms with Crippen LogP contribution in [0.4, 0.5) is 0 Å². The van der Waals surface area contributed by atoms with Gasteiger partial charge in [-0.15, -0.1) is 0 Å². The molecule has 0 saturated carbocycles. The zero-order valence-electron chi connectivity index (χ0n) is 27.4. The van der Waals surface area contributed by atoms with Crippen LogP contribution in [-0.4, -0.2) is 6.54 Å². The van der Waals surface area contributed by atoms with Crippen molar-refractivity contribution in [2.24, 2.45) is 17.4 Å². The minimum atomic E-state index is -0.727. The van der Waals surface area contributed by atoms with Gasteiger partial charge in [0.15, 0.2) is 0 Å². The van der Waals surface area contributed by atoms with Gasteiger partial charge in [-0.3, -0.25) is 0 Å². The lowest BCUT2D eigenvalue weighted by molar-refractivity contribution is 0.946. The Balaban J connectivity index is 0.00000213. The van der Waals surface area contributed by atoms with E-state index in [0.29, 0.717) is 6.54 Å². The van der Waals surface area contributed by atoms with Crippen molar-refractivity contribution in [1.82, 2.24) is 0 Å². The van der Waals surface area contributed by atoms with E-state index in [4.69, 9.17) is 11.5 Å². The molecule has 6 rings (SSSR count). The fraction of sp³-hybridized carbons (Fsp3) is 0.116. The van der Waals surface area contributed by atoms with E-state index in [9.17, 15) is 0 Å². The zero-order valence-corrected chi connectivity index (χ0v) is 29.1. The number of fused-ring (bicyclic) bond motifs is 2. The second-order valence-electron chi connectivity index (χ2n) is 10.9. The van der Waals surface area contributed by atoms with Crippen LogP contribution in [0.3, 0.4) is 0 Å². The van der Waals surface area contributed by atoms with E-state index in [2.05, 4.69) is 152 Å².